The number of aryl methyl sites for hydroxylation is 1. The molecule has 0 spiro atoms. The molecule has 0 bridgehead atoms. The van der Waals surface area contributed by atoms with E-state index in [-0.39, 0.29) is 17.9 Å². The van der Waals surface area contributed by atoms with Crippen LogP contribution in [0.15, 0.2) is 23.8 Å². The van der Waals surface area contributed by atoms with Crippen molar-refractivity contribution in [3.63, 3.8) is 0 Å². The maximum Gasteiger partial charge on any atom is 0.226 e. The summed E-state index contributed by atoms with van der Waals surface area (Å²) in [7, 11) is 0. The van der Waals surface area contributed by atoms with Gasteiger partial charge in [-0.15, -0.1) is 11.3 Å². The first-order valence-corrected chi connectivity index (χ1v) is 8.96. The van der Waals surface area contributed by atoms with Crippen molar-refractivity contribution < 1.29 is 4.79 Å². The predicted octanol–water partition coefficient (Wildman–Crippen LogP) is 2.41. The molecular formula is C17H24N4OS. The average Bonchev–Trinajstić information content (AvgIpc) is 3.03. The van der Waals surface area contributed by atoms with E-state index in [4.69, 9.17) is 0 Å². The first-order valence-electron chi connectivity index (χ1n) is 8.08. The number of thiazole rings is 1. The van der Waals surface area contributed by atoms with Gasteiger partial charge in [-0.3, -0.25) is 9.69 Å². The van der Waals surface area contributed by atoms with E-state index in [1.54, 1.807) is 11.3 Å². The van der Waals surface area contributed by atoms with Gasteiger partial charge in [0.2, 0.25) is 5.91 Å². The molecular weight excluding hydrogens is 308 g/mol. The predicted molar refractivity (Wildman–Crippen MR) is 92.2 cm³/mol. The van der Waals surface area contributed by atoms with E-state index in [9.17, 15) is 4.79 Å². The molecule has 3 heterocycles. The van der Waals surface area contributed by atoms with Crippen molar-refractivity contribution >= 4 is 17.2 Å². The summed E-state index contributed by atoms with van der Waals surface area (Å²) in [5.74, 6) is 0.117. The number of nitrogens with one attached hydrogen (secondary N) is 1. The quantitative estimate of drug-likeness (QED) is 0.935. The van der Waals surface area contributed by atoms with E-state index in [0.29, 0.717) is 0 Å². The van der Waals surface area contributed by atoms with Crippen molar-refractivity contribution in [2.45, 2.75) is 46.4 Å². The van der Waals surface area contributed by atoms with Crippen molar-refractivity contribution in [2.24, 2.45) is 5.92 Å². The van der Waals surface area contributed by atoms with Gasteiger partial charge in [0.1, 0.15) is 0 Å². The third kappa shape index (κ3) is 3.82. The maximum atomic E-state index is 12.5. The Bertz CT molecular complexity index is 676. The van der Waals surface area contributed by atoms with Gasteiger partial charge in [-0.1, -0.05) is 0 Å². The Morgan fingerprint density at radius 1 is 1.48 bits per heavy atom. The number of carbonyl (C=O) groups is 1. The Labute approximate surface area is 141 Å². The summed E-state index contributed by atoms with van der Waals surface area (Å²) in [5.41, 5.74) is 4.26. The van der Waals surface area contributed by atoms with Crippen LogP contribution < -0.4 is 5.32 Å². The third-order valence-corrected chi connectivity index (χ3v) is 5.14. The average molecular weight is 332 g/mol. The van der Waals surface area contributed by atoms with Crippen LogP contribution in [-0.4, -0.2) is 32.9 Å². The molecule has 0 unspecified atom stereocenters. The van der Waals surface area contributed by atoms with Crippen LogP contribution in [0.25, 0.3) is 0 Å². The lowest BCUT2D eigenvalue weighted by molar-refractivity contribution is -0.126. The van der Waals surface area contributed by atoms with Gasteiger partial charge in [0.15, 0.2) is 0 Å². The zero-order chi connectivity index (χ0) is 16.4. The van der Waals surface area contributed by atoms with Crippen LogP contribution in [0.2, 0.25) is 0 Å². The Kier molecular flexibility index (Phi) is 4.82. The monoisotopic (exact) mass is 332 g/mol. The largest absolute Gasteiger partial charge is 0.354 e. The lowest BCUT2D eigenvalue weighted by Crippen LogP contribution is -2.41. The van der Waals surface area contributed by atoms with Crippen LogP contribution in [0, 0.1) is 12.8 Å². The van der Waals surface area contributed by atoms with E-state index in [2.05, 4.69) is 45.0 Å². The molecule has 1 aliphatic rings. The van der Waals surface area contributed by atoms with E-state index in [1.165, 1.54) is 10.6 Å². The number of aromatic nitrogens is 2. The molecule has 124 valence electrons. The van der Waals surface area contributed by atoms with Crippen LogP contribution in [0.5, 0.6) is 0 Å². The highest BCUT2D eigenvalue weighted by atomic mass is 32.1. The first-order chi connectivity index (χ1) is 11.0. The lowest BCUT2D eigenvalue weighted by atomic mass is 10.1. The molecule has 23 heavy (non-hydrogen) atoms. The Morgan fingerprint density at radius 3 is 3.00 bits per heavy atom. The standard InChI is InChI=1S/C17H24N4OS/c1-12(2)19-17(22)14-7-20(10-16-13(3)18-11-23-16)9-15-5-4-6-21(15)8-14/h4-6,11-12,14H,7-10H2,1-3H3,(H,19,22)/t14-/m1/s1. The van der Waals surface area contributed by atoms with Gasteiger partial charge in [-0.25, -0.2) is 4.98 Å². The Balaban J connectivity index is 1.80. The van der Waals surface area contributed by atoms with Gasteiger partial charge >= 0.3 is 0 Å². The van der Waals surface area contributed by atoms with Gasteiger partial charge in [-0.2, -0.15) is 0 Å². The topological polar surface area (TPSA) is 50.2 Å². The van der Waals surface area contributed by atoms with Crippen molar-refractivity contribution in [1.82, 2.24) is 19.8 Å². The van der Waals surface area contributed by atoms with Crippen LogP contribution in [0.1, 0.15) is 30.1 Å². The van der Waals surface area contributed by atoms with Gasteiger partial charge in [0.05, 0.1) is 17.1 Å². The van der Waals surface area contributed by atoms with Crippen LogP contribution in [0.3, 0.4) is 0 Å². The molecule has 1 aliphatic heterocycles. The van der Waals surface area contributed by atoms with Gasteiger partial charge in [-0.05, 0) is 32.9 Å². The maximum absolute atomic E-state index is 12.5. The summed E-state index contributed by atoms with van der Waals surface area (Å²) in [5, 5.41) is 3.07. The minimum atomic E-state index is -0.0284. The number of hydrogen-bond donors (Lipinski definition) is 1. The molecule has 0 saturated heterocycles. The van der Waals surface area contributed by atoms with Crippen molar-refractivity contribution in [3.05, 3.63) is 40.1 Å². The Hall–Kier alpha value is -1.66. The van der Waals surface area contributed by atoms with Gasteiger partial charge in [0, 0.05) is 49.0 Å². The summed E-state index contributed by atoms with van der Waals surface area (Å²) < 4.78 is 2.21. The number of rotatable bonds is 4. The van der Waals surface area contributed by atoms with Crippen molar-refractivity contribution in [2.75, 3.05) is 6.54 Å². The van der Waals surface area contributed by atoms with Crippen molar-refractivity contribution in [3.8, 4) is 0 Å². The fourth-order valence-corrected chi connectivity index (χ4v) is 3.86. The Morgan fingerprint density at radius 2 is 2.30 bits per heavy atom. The number of nitrogens with zero attached hydrogens (tertiary/aromatic N) is 3. The number of carbonyl (C=O) groups excluding carboxylic acids is 1. The lowest BCUT2D eigenvalue weighted by Gasteiger charge is -2.23. The summed E-state index contributed by atoms with van der Waals surface area (Å²) in [6, 6.07) is 4.38. The van der Waals surface area contributed by atoms with Crippen LogP contribution in [-0.2, 0) is 24.4 Å². The summed E-state index contributed by atoms with van der Waals surface area (Å²) in [6.07, 6.45) is 2.08. The number of fused-ring (bicyclic) bond motifs is 1. The molecule has 0 aromatic carbocycles. The molecule has 1 amide bonds. The van der Waals surface area contributed by atoms with E-state index < -0.39 is 0 Å². The summed E-state index contributed by atoms with van der Waals surface area (Å²) in [6.45, 7) is 9.32. The van der Waals surface area contributed by atoms with Crippen molar-refractivity contribution in [1.29, 1.82) is 0 Å². The molecule has 0 aliphatic carbocycles. The van der Waals surface area contributed by atoms with Crippen LogP contribution >= 0.6 is 11.3 Å². The molecule has 1 N–H and O–H groups in total. The second-order valence-electron chi connectivity index (χ2n) is 6.54. The highest BCUT2D eigenvalue weighted by Gasteiger charge is 2.27. The molecule has 0 radical (unpaired) electrons. The molecule has 3 rings (SSSR count). The zero-order valence-corrected chi connectivity index (χ0v) is 14.8. The molecule has 0 saturated carbocycles. The van der Waals surface area contributed by atoms with E-state index >= 15 is 0 Å². The zero-order valence-electron chi connectivity index (χ0n) is 14.0. The second-order valence-corrected chi connectivity index (χ2v) is 7.48. The number of amides is 1. The second kappa shape index (κ2) is 6.84. The summed E-state index contributed by atoms with van der Waals surface area (Å²) in [4.78, 5) is 20.5. The van der Waals surface area contributed by atoms with E-state index in [0.717, 1.165) is 31.9 Å². The molecule has 1 atom stereocenters. The fraction of sp³-hybridized carbons (Fsp3) is 0.529. The molecule has 2 aromatic rings. The minimum absolute atomic E-state index is 0.0284. The number of hydrogen-bond acceptors (Lipinski definition) is 4. The molecule has 2 aromatic heterocycles. The molecule has 5 nitrogen and oxygen atoms in total. The van der Waals surface area contributed by atoms with E-state index in [1.807, 2.05) is 19.4 Å². The minimum Gasteiger partial charge on any atom is -0.354 e. The highest BCUT2D eigenvalue weighted by molar-refractivity contribution is 7.09. The highest BCUT2D eigenvalue weighted by Crippen LogP contribution is 2.22. The third-order valence-electron chi connectivity index (χ3n) is 4.22. The SMILES string of the molecule is Cc1ncsc1CN1Cc2cccn2C[C@H](C(=O)NC(C)C)C1. The summed E-state index contributed by atoms with van der Waals surface area (Å²) >= 11 is 1.69. The fourth-order valence-electron chi connectivity index (χ4n) is 3.04. The smallest absolute Gasteiger partial charge is 0.226 e. The molecule has 6 heteroatoms. The van der Waals surface area contributed by atoms with Gasteiger partial charge in [0.25, 0.3) is 0 Å². The normalized spacial score (nSPS) is 18.7. The van der Waals surface area contributed by atoms with Gasteiger partial charge < -0.3 is 9.88 Å². The molecule has 0 fully saturated rings. The first kappa shape index (κ1) is 16.2. The van der Waals surface area contributed by atoms with Crippen LogP contribution in [0.4, 0.5) is 0 Å².